The van der Waals surface area contributed by atoms with Crippen molar-refractivity contribution in [3.8, 4) is 0 Å². The number of pyridine rings is 1. The lowest BCUT2D eigenvalue weighted by Gasteiger charge is -2.15. The first-order valence-corrected chi connectivity index (χ1v) is 6.39. The quantitative estimate of drug-likeness (QED) is 0.846. The second-order valence-corrected chi connectivity index (χ2v) is 4.55. The second kappa shape index (κ2) is 7.12. The molecule has 1 amide bonds. The van der Waals surface area contributed by atoms with Crippen LogP contribution in [0, 0.1) is 0 Å². The zero-order valence-electron chi connectivity index (χ0n) is 11.4. The minimum absolute atomic E-state index is 0.0973. The molecule has 1 heterocycles. The normalized spacial score (nSPS) is 12.8. The molecule has 0 aliphatic rings. The van der Waals surface area contributed by atoms with Crippen LogP contribution in [0.15, 0.2) is 18.3 Å². The van der Waals surface area contributed by atoms with E-state index in [-0.39, 0.29) is 5.69 Å². The Hall–Kier alpha value is -1.79. The van der Waals surface area contributed by atoms with Crippen molar-refractivity contribution in [2.24, 2.45) is 0 Å². The van der Waals surface area contributed by atoms with Gasteiger partial charge in [0, 0.05) is 24.5 Å². The lowest BCUT2D eigenvalue weighted by atomic mass is 10.2. The molecular formula is C13H18F3N3O. The number of carbonyl (C=O) groups excluding carboxylic acids is 1. The lowest BCUT2D eigenvalue weighted by Crippen LogP contribution is -2.36. The molecule has 112 valence electrons. The number of aromatic nitrogens is 1. The number of carbonyl (C=O) groups is 1. The molecule has 0 radical (unpaired) electrons. The maximum Gasteiger partial charge on any atom is 0.391 e. The van der Waals surface area contributed by atoms with Crippen LogP contribution in [0.5, 0.6) is 0 Å². The molecule has 1 atom stereocenters. The van der Waals surface area contributed by atoms with Crippen molar-refractivity contribution < 1.29 is 18.0 Å². The Bertz CT molecular complexity index is 449. The predicted octanol–water partition coefficient (Wildman–Crippen LogP) is 2.97. The topological polar surface area (TPSA) is 54.0 Å². The maximum atomic E-state index is 12.2. The molecule has 1 unspecified atom stereocenters. The Morgan fingerprint density at radius 3 is 2.75 bits per heavy atom. The highest BCUT2D eigenvalue weighted by molar-refractivity contribution is 5.93. The van der Waals surface area contributed by atoms with E-state index in [0.717, 1.165) is 18.7 Å². The number of nitrogens with zero attached hydrogens (tertiary/aromatic N) is 1. The maximum absolute atomic E-state index is 12.2. The van der Waals surface area contributed by atoms with Gasteiger partial charge in [-0.2, -0.15) is 13.2 Å². The summed E-state index contributed by atoms with van der Waals surface area (Å²) in [7, 11) is 0. The predicted molar refractivity (Wildman–Crippen MR) is 70.6 cm³/mol. The van der Waals surface area contributed by atoms with E-state index in [4.69, 9.17) is 0 Å². The zero-order chi connectivity index (χ0) is 15.2. The molecule has 0 spiro atoms. The summed E-state index contributed by atoms with van der Waals surface area (Å²) in [5, 5.41) is 5.37. The summed E-state index contributed by atoms with van der Waals surface area (Å²) < 4.78 is 36.6. The van der Waals surface area contributed by atoms with Crippen LogP contribution in [0.4, 0.5) is 18.9 Å². The van der Waals surface area contributed by atoms with Gasteiger partial charge in [0.15, 0.2) is 0 Å². The Morgan fingerprint density at radius 1 is 1.45 bits per heavy atom. The van der Waals surface area contributed by atoms with E-state index in [9.17, 15) is 18.0 Å². The Morgan fingerprint density at radius 2 is 2.15 bits per heavy atom. The average molecular weight is 289 g/mol. The smallest absolute Gasteiger partial charge is 0.385 e. The van der Waals surface area contributed by atoms with Gasteiger partial charge in [0.05, 0.1) is 6.42 Å². The Balaban J connectivity index is 2.63. The first kappa shape index (κ1) is 16.3. The van der Waals surface area contributed by atoms with E-state index in [0.29, 0.717) is 0 Å². The highest BCUT2D eigenvalue weighted by Gasteiger charge is 2.30. The van der Waals surface area contributed by atoms with Crippen molar-refractivity contribution in [3.63, 3.8) is 0 Å². The summed E-state index contributed by atoms with van der Waals surface area (Å²) in [5.41, 5.74) is 0.815. The summed E-state index contributed by atoms with van der Waals surface area (Å²) in [5.74, 6) is -0.609. The molecule has 2 N–H and O–H groups in total. The lowest BCUT2D eigenvalue weighted by molar-refractivity contribution is -0.138. The van der Waals surface area contributed by atoms with E-state index in [2.05, 4.69) is 15.6 Å². The Labute approximate surface area is 115 Å². The fraction of sp³-hybridized carbons (Fsp3) is 0.538. The third-order valence-corrected chi connectivity index (χ3v) is 2.49. The SMILES string of the molecule is CCCNc1ccnc(C(=O)NC(C)CC(F)(F)F)c1. The number of nitrogens with one attached hydrogen (secondary N) is 2. The summed E-state index contributed by atoms with van der Waals surface area (Å²) >= 11 is 0. The van der Waals surface area contributed by atoms with Crippen LogP contribution in [-0.2, 0) is 0 Å². The first-order chi connectivity index (χ1) is 9.31. The number of hydrogen-bond donors (Lipinski definition) is 2. The number of alkyl halides is 3. The van der Waals surface area contributed by atoms with Crippen molar-refractivity contribution in [1.29, 1.82) is 0 Å². The van der Waals surface area contributed by atoms with Gasteiger partial charge in [0.1, 0.15) is 5.69 Å². The van der Waals surface area contributed by atoms with Crippen LogP contribution in [0.2, 0.25) is 0 Å². The van der Waals surface area contributed by atoms with E-state index in [1.807, 2.05) is 6.92 Å². The fourth-order valence-corrected chi connectivity index (χ4v) is 1.63. The van der Waals surface area contributed by atoms with Crippen LogP contribution in [-0.4, -0.2) is 29.7 Å². The van der Waals surface area contributed by atoms with Crippen molar-refractivity contribution in [2.75, 3.05) is 11.9 Å². The highest BCUT2D eigenvalue weighted by atomic mass is 19.4. The molecule has 20 heavy (non-hydrogen) atoms. The number of rotatable bonds is 6. The van der Waals surface area contributed by atoms with E-state index in [1.165, 1.54) is 19.2 Å². The average Bonchev–Trinajstić information content (AvgIpc) is 2.34. The molecule has 1 rings (SSSR count). The monoisotopic (exact) mass is 289 g/mol. The number of hydrogen-bond acceptors (Lipinski definition) is 3. The molecule has 0 fully saturated rings. The largest absolute Gasteiger partial charge is 0.391 e. The summed E-state index contributed by atoms with van der Waals surface area (Å²) in [4.78, 5) is 15.7. The zero-order valence-corrected chi connectivity index (χ0v) is 11.4. The summed E-state index contributed by atoms with van der Waals surface area (Å²) in [6.07, 6.45) is -3.00. The van der Waals surface area contributed by atoms with Gasteiger partial charge in [0.2, 0.25) is 0 Å². The minimum Gasteiger partial charge on any atom is -0.385 e. The molecule has 0 aliphatic carbocycles. The molecule has 0 saturated carbocycles. The third-order valence-electron chi connectivity index (χ3n) is 2.49. The number of anilines is 1. The molecule has 7 heteroatoms. The fourth-order valence-electron chi connectivity index (χ4n) is 1.63. The van der Waals surface area contributed by atoms with Gasteiger partial charge in [-0.05, 0) is 25.5 Å². The first-order valence-electron chi connectivity index (χ1n) is 6.39. The number of amides is 1. The molecular weight excluding hydrogens is 271 g/mol. The van der Waals surface area contributed by atoms with Crippen molar-refractivity contribution >= 4 is 11.6 Å². The van der Waals surface area contributed by atoms with Crippen molar-refractivity contribution in [1.82, 2.24) is 10.3 Å². The highest BCUT2D eigenvalue weighted by Crippen LogP contribution is 2.21. The van der Waals surface area contributed by atoms with Gasteiger partial charge < -0.3 is 10.6 Å². The molecule has 0 aromatic carbocycles. The van der Waals surface area contributed by atoms with Crippen LogP contribution >= 0.6 is 0 Å². The molecule has 1 aromatic rings. The van der Waals surface area contributed by atoms with Gasteiger partial charge in [-0.25, -0.2) is 0 Å². The molecule has 1 aromatic heterocycles. The van der Waals surface area contributed by atoms with Gasteiger partial charge in [-0.1, -0.05) is 6.92 Å². The standard InChI is InChI=1S/C13H18F3N3O/c1-3-5-17-10-4-6-18-11(7-10)12(20)19-9(2)8-13(14,15)16/h4,6-7,9H,3,5,8H2,1-2H3,(H,17,18)(H,19,20). The molecule has 0 aliphatic heterocycles. The van der Waals surface area contributed by atoms with E-state index < -0.39 is 24.5 Å². The minimum atomic E-state index is -4.30. The van der Waals surface area contributed by atoms with Crippen LogP contribution < -0.4 is 10.6 Å². The van der Waals surface area contributed by atoms with Gasteiger partial charge in [-0.3, -0.25) is 9.78 Å². The molecule has 4 nitrogen and oxygen atoms in total. The van der Waals surface area contributed by atoms with Crippen LogP contribution in [0.3, 0.4) is 0 Å². The molecule has 0 saturated heterocycles. The van der Waals surface area contributed by atoms with E-state index in [1.54, 1.807) is 6.07 Å². The number of halogens is 3. The van der Waals surface area contributed by atoms with Crippen LogP contribution in [0.1, 0.15) is 37.2 Å². The summed E-state index contributed by atoms with van der Waals surface area (Å²) in [6, 6.07) is 2.23. The van der Waals surface area contributed by atoms with Gasteiger partial charge >= 0.3 is 6.18 Å². The van der Waals surface area contributed by atoms with E-state index >= 15 is 0 Å². The third kappa shape index (κ3) is 5.90. The summed E-state index contributed by atoms with van der Waals surface area (Å²) in [6.45, 7) is 4.06. The van der Waals surface area contributed by atoms with Gasteiger partial charge in [0.25, 0.3) is 5.91 Å². The van der Waals surface area contributed by atoms with Crippen LogP contribution in [0.25, 0.3) is 0 Å². The van der Waals surface area contributed by atoms with Gasteiger partial charge in [-0.15, -0.1) is 0 Å². The van der Waals surface area contributed by atoms with Crippen molar-refractivity contribution in [3.05, 3.63) is 24.0 Å². The van der Waals surface area contributed by atoms with Crippen molar-refractivity contribution in [2.45, 2.75) is 38.9 Å². The molecule has 0 bridgehead atoms. The Kier molecular flexibility index (Phi) is 5.79. The second-order valence-electron chi connectivity index (χ2n) is 4.55.